The average molecular weight is 390 g/mol. The Bertz CT molecular complexity index is 765. The van der Waals surface area contributed by atoms with E-state index in [1.165, 1.54) is 4.88 Å². The highest BCUT2D eigenvalue weighted by atomic mass is 32.1. The third kappa shape index (κ3) is 4.62. The molecule has 1 heterocycles. The Labute approximate surface area is 164 Å². The van der Waals surface area contributed by atoms with Crippen molar-refractivity contribution in [2.45, 2.75) is 44.1 Å². The number of amides is 1. The lowest BCUT2D eigenvalue weighted by atomic mass is 9.84. The number of hydrogen-bond acceptors (Lipinski definition) is 5. The van der Waals surface area contributed by atoms with Crippen LogP contribution in [0.4, 0.5) is 0 Å². The SMILES string of the molecule is COc1ccccc1OCC(=O)NCC1(c2ccc(C(C)O)s2)CCCC1. The van der Waals surface area contributed by atoms with Gasteiger partial charge in [-0.2, -0.15) is 0 Å². The maximum absolute atomic E-state index is 12.3. The quantitative estimate of drug-likeness (QED) is 0.720. The van der Waals surface area contributed by atoms with Crippen LogP contribution in [-0.2, 0) is 10.2 Å². The lowest BCUT2D eigenvalue weighted by Gasteiger charge is -2.28. The van der Waals surface area contributed by atoms with Crippen LogP contribution in [0.3, 0.4) is 0 Å². The van der Waals surface area contributed by atoms with E-state index in [0.717, 1.165) is 30.6 Å². The summed E-state index contributed by atoms with van der Waals surface area (Å²) in [6.45, 7) is 2.34. The molecule has 1 saturated carbocycles. The molecule has 1 fully saturated rings. The number of thiophene rings is 1. The first-order valence-corrected chi connectivity index (χ1v) is 10.2. The van der Waals surface area contributed by atoms with Crippen LogP contribution < -0.4 is 14.8 Å². The van der Waals surface area contributed by atoms with Gasteiger partial charge in [0.25, 0.3) is 5.91 Å². The Balaban J connectivity index is 1.60. The van der Waals surface area contributed by atoms with Crippen molar-refractivity contribution in [3.8, 4) is 11.5 Å². The molecule has 3 rings (SSSR count). The normalized spacial score (nSPS) is 16.7. The molecule has 2 aromatic rings. The zero-order chi connectivity index (χ0) is 19.3. The van der Waals surface area contributed by atoms with Crippen molar-refractivity contribution >= 4 is 17.2 Å². The second kappa shape index (κ2) is 8.76. The molecule has 2 N–H and O–H groups in total. The van der Waals surface area contributed by atoms with Crippen molar-refractivity contribution in [2.75, 3.05) is 20.3 Å². The number of benzene rings is 1. The minimum atomic E-state index is -0.453. The summed E-state index contributed by atoms with van der Waals surface area (Å²) in [5, 5.41) is 12.9. The number of para-hydroxylation sites is 2. The molecule has 1 amide bonds. The van der Waals surface area contributed by atoms with Crippen LogP contribution in [0.15, 0.2) is 36.4 Å². The third-order valence-electron chi connectivity index (χ3n) is 5.17. The monoisotopic (exact) mass is 389 g/mol. The van der Waals surface area contributed by atoms with E-state index in [0.29, 0.717) is 18.0 Å². The van der Waals surface area contributed by atoms with Crippen molar-refractivity contribution in [3.05, 3.63) is 46.2 Å². The molecule has 0 bridgehead atoms. The second-order valence-electron chi connectivity index (χ2n) is 7.08. The molecule has 27 heavy (non-hydrogen) atoms. The molecular weight excluding hydrogens is 362 g/mol. The van der Waals surface area contributed by atoms with Gasteiger partial charge >= 0.3 is 0 Å². The number of rotatable bonds is 8. The lowest BCUT2D eigenvalue weighted by molar-refractivity contribution is -0.123. The molecule has 0 spiro atoms. The Morgan fingerprint density at radius 3 is 2.56 bits per heavy atom. The lowest BCUT2D eigenvalue weighted by Crippen LogP contribution is -2.40. The summed E-state index contributed by atoms with van der Waals surface area (Å²) in [7, 11) is 1.58. The van der Waals surface area contributed by atoms with Gasteiger partial charge < -0.3 is 19.9 Å². The number of ether oxygens (including phenoxy) is 2. The van der Waals surface area contributed by atoms with E-state index in [1.807, 2.05) is 18.2 Å². The Kier molecular flexibility index (Phi) is 6.39. The number of nitrogens with one attached hydrogen (secondary N) is 1. The van der Waals surface area contributed by atoms with E-state index in [1.54, 1.807) is 37.5 Å². The van der Waals surface area contributed by atoms with Crippen molar-refractivity contribution in [1.82, 2.24) is 5.32 Å². The smallest absolute Gasteiger partial charge is 0.257 e. The van der Waals surface area contributed by atoms with E-state index in [4.69, 9.17) is 9.47 Å². The van der Waals surface area contributed by atoms with Crippen LogP contribution in [0.5, 0.6) is 11.5 Å². The zero-order valence-corrected chi connectivity index (χ0v) is 16.7. The summed E-state index contributed by atoms with van der Waals surface area (Å²) in [5.74, 6) is 1.03. The first-order valence-electron chi connectivity index (χ1n) is 9.35. The fourth-order valence-corrected chi connectivity index (χ4v) is 4.81. The summed E-state index contributed by atoms with van der Waals surface area (Å²) >= 11 is 1.65. The Morgan fingerprint density at radius 2 is 1.93 bits per heavy atom. The predicted molar refractivity (Wildman–Crippen MR) is 107 cm³/mol. The van der Waals surface area contributed by atoms with E-state index in [-0.39, 0.29) is 17.9 Å². The molecule has 146 valence electrons. The molecule has 1 unspecified atom stereocenters. The van der Waals surface area contributed by atoms with Crippen LogP contribution in [0.1, 0.15) is 48.5 Å². The first kappa shape index (κ1) is 19.7. The largest absolute Gasteiger partial charge is 0.493 e. The van der Waals surface area contributed by atoms with Gasteiger partial charge in [0.05, 0.1) is 13.2 Å². The van der Waals surface area contributed by atoms with Gasteiger partial charge in [0.2, 0.25) is 0 Å². The van der Waals surface area contributed by atoms with Crippen molar-refractivity contribution < 1.29 is 19.4 Å². The van der Waals surface area contributed by atoms with Crippen LogP contribution in [0.25, 0.3) is 0 Å². The van der Waals surface area contributed by atoms with Crippen molar-refractivity contribution in [2.24, 2.45) is 0 Å². The minimum Gasteiger partial charge on any atom is -0.493 e. The second-order valence-corrected chi connectivity index (χ2v) is 8.20. The van der Waals surface area contributed by atoms with Crippen LogP contribution in [0.2, 0.25) is 0 Å². The summed E-state index contributed by atoms with van der Waals surface area (Å²) < 4.78 is 10.9. The van der Waals surface area contributed by atoms with Gasteiger partial charge in [-0.25, -0.2) is 0 Å². The molecule has 1 aromatic carbocycles. The zero-order valence-electron chi connectivity index (χ0n) is 15.9. The molecule has 1 atom stereocenters. The number of carbonyl (C=O) groups excluding carboxylic acids is 1. The van der Waals surface area contributed by atoms with Gasteiger partial charge in [-0.1, -0.05) is 25.0 Å². The molecule has 6 heteroatoms. The molecular formula is C21H27NO4S. The Morgan fingerprint density at radius 1 is 1.22 bits per heavy atom. The van der Waals surface area contributed by atoms with E-state index in [9.17, 15) is 9.90 Å². The van der Waals surface area contributed by atoms with Crippen LogP contribution >= 0.6 is 11.3 Å². The summed E-state index contributed by atoms with van der Waals surface area (Å²) in [5.41, 5.74) is -0.0299. The number of aliphatic hydroxyl groups is 1. The fraction of sp³-hybridized carbons (Fsp3) is 0.476. The molecule has 1 aliphatic rings. The van der Waals surface area contributed by atoms with Crippen LogP contribution in [0, 0.1) is 0 Å². The van der Waals surface area contributed by atoms with E-state index < -0.39 is 6.10 Å². The van der Waals surface area contributed by atoms with Gasteiger partial charge in [0, 0.05) is 21.7 Å². The van der Waals surface area contributed by atoms with Crippen molar-refractivity contribution in [1.29, 1.82) is 0 Å². The number of carbonyl (C=O) groups is 1. The molecule has 0 aliphatic heterocycles. The topological polar surface area (TPSA) is 67.8 Å². The number of hydrogen-bond donors (Lipinski definition) is 2. The fourth-order valence-electron chi connectivity index (χ4n) is 3.62. The van der Waals surface area contributed by atoms with Gasteiger partial charge in [0.15, 0.2) is 18.1 Å². The van der Waals surface area contributed by atoms with Gasteiger partial charge in [0.1, 0.15) is 0 Å². The molecule has 5 nitrogen and oxygen atoms in total. The standard InChI is InChI=1S/C21H27NO4S/c1-15(23)18-9-10-19(27-18)21(11-5-6-12-21)14-22-20(24)13-26-17-8-4-3-7-16(17)25-2/h3-4,7-10,15,23H,5-6,11-14H2,1-2H3,(H,22,24). The predicted octanol–water partition coefficient (Wildman–Crippen LogP) is 3.82. The molecule has 0 radical (unpaired) electrons. The first-order chi connectivity index (χ1) is 13.0. The summed E-state index contributed by atoms with van der Waals surface area (Å²) in [6, 6.07) is 11.4. The molecule has 1 aliphatic carbocycles. The molecule has 1 aromatic heterocycles. The van der Waals surface area contributed by atoms with E-state index in [2.05, 4.69) is 11.4 Å². The highest BCUT2D eigenvalue weighted by Gasteiger charge is 2.37. The Hall–Kier alpha value is -2.05. The van der Waals surface area contributed by atoms with E-state index >= 15 is 0 Å². The highest BCUT2D eigenvalue weighted by molar-refractivity contribution is 7.12. The third-order valence-corrected chi connectivity index (χ3v) is 6.68. The minimum absolute atomic E-state index is 0.0299. The van der Waals surface area contributed by atoms with Crippen molar-refractivity contribution in [3.63, 3.8) is 0 Å². The van der Waals surface area contributed by atoms with Gasteiger partial charge in [-0.3, -0.25) is 4.79 Å². The maximum Gasteiger partial charge on any atom is 0.257 e. The summed E-state index contributed by atoms with van der Waals surface area (Å²) in [4.78, 5) is 14.6. The maximum atomic E-state index is 12.3. The highest BCUT2D eigenvalue weighted by Crippen LogP contribution is 2.44. The molecule has 0 saturated heterocycles. The number of aliphatic hydroxyl groups excluding tert-OH is 1. The van der Waals surface area contributed by atoms with Gasteiger partial charge in [-0.05, 0) is 44.0 Å². The average Bonchev–Trinajstić information content (AvgIpc) is 3.35. The summed E-state index contributed by atoms with van der Waals surface area (Å²) in [6.07, 6.45) is 3.98. The number of methoxy groups -OCH3 is 1. The van der Waals surface area contributed by atoms with Crippen LogP contribution in [-0.4, -0.2) is 31.3 Å². The van der Waals surface area contributed by atoms with Gasteiger partial charge in [-0.15, -0.1) is 11.3 Å².